The van der Waals surface area contributed by atoms with Crippen molar-refractivity contribution >= 4 is 17.5 Å². The number of carbonyl (C=O) groups excluding carboxylic acids is 2. The molecule has 1 aliphatic rings. The van der Waals surface area contributed by atoms with Crippen LogP contribution in [0.15, 0.2) is 48.5 Å². The Labute approximate surface area is 189 Å². The molecule has 1 saturated carbocycles. The van der Waals surface area contributed by atoms with Crippen molar-refractivity contribution in [1.29, 1.82) is 0 Å². The maximum atomic E-state index is 13.4. The Bertz CT molecular complexity index is 952. The fraction of sp³-hybridized carbons (Fsp3) is 0.440. The van der Waals surface area contributed by atoms with Gasteiger partial charge in [-0.3, -0.25) is 19.7 Å². The highest BCUT2D eigenvalue weighted by atomic mass is 16.6. The van der Waals surface area contributed by atoms with Crippen molar-refractivity contribution in [3.63, 3.8) is 0 Å². The van der Waals surface area contributed by atoms with Crippen molar-refractivity contribution in [2.24, 2.45) is 0 Å². The Balaban J connectivity index is 1.86. The lowest BCUT2D eigenvalue weighted by atomic mass is 10.0. The zero-order chi connectivity index (χ0) is 23.1. The van der Waals surface area contributed by atoms with Gasteiger partial charge in [-0.25, -0.2) is 0 Å². The second-order valence-corrected chi connectivity index (χ2v) is 8.48. The van der Waals surface area contributed by atoms with Gasteiger partial charge in [0.2, 0.25) is 11.8 Å². The van der Waals surface area contributed by atoms with E-state index in [1.807, 2.05) is 38.1 Å². The van der Waals surface area contributed by atoms with Crippen LogP contribution in [0.25, 0.3) is 0 Å². The number of nitrogens with one attached hydrogen (secondary N) is 1. The fourth-order valence-electron chi connectivity index (χ4n) is 4.28. The van der Waals surface area contributed by atoms with E-state index in [0.717, 1.165) is 36.8 Å². The lowest BCUT2D eigenvalue weighted by molar-refractivity contribution is -0.385. The number of hydrogen-bond donors (Lipinski definition) is 1. The maximum absolute atomic E-state index is 13.4. The lowest BCUT2D eigenvalue weighted by Crippen LogP contribution is -2.51. The summed E-state index contributed by atoms with van der Waals surface area (Å²) in [5.74, 6) is -0.448. The molecule has 0 heterocycles. The summed E-state index contributed by atoms with van der Waals surface area (Å²) in [6, 6.07) is 13.6. The third-order valence-electron chi connectivity index (χ3n) is 6.09. The van der Waals surface area contributed by atoms with E-state index in [4.69, 9.17) is 0 Å². The van der Waals surface area contributed by atoms with Crippen molar-refractivity contribution in [2.75, 3.05) is 0 Å². The van der Waals surface area contributed by atoms with E-state index < -0.39 is 11.0 Å². The summed E-state index contributed by atoms with van der Waals surface area (Å²) >= 11 is 0. The predicted molar refractivity (Wildman–Crippen MR) is 123 cm³/mol. The standard InChI is InChI=1S/C25H31N3O4/c1-3-22(25(30)26-21-9-5-6-10-21)27(17-19-14-12-18(2)13-15-19)24(29)16-20-8-4-7-11-23(20)28(31)32/h4,7-8,11-15,21-22H,3,5-6,9-10,16-17H2,1-2H3,(H,26,30)/t22-/m1/s1. The van der Waals surface area contributed by atoms with Gasteiger partial charge in [0, 0.05) is 24.2 Å². The molecule has 1 atom stereocenters. The summed E-state index contributed by atoms with van der Waals surface area (Å²) in [5.41, 5.74) is 2.29. The van der Waals surface area contributed by atoms with Crippen LogP contribution in [0.2, 0.25) is 0 Å². The van der Waals surface area contributed by atoms with E-state index in [2.05, 4.69) is 5.32 Å². The third-order valence-corrected chi connectivity index (χ3v) is 6.09. The molecule has 2 aromatic carbocycles. The van der Waals surface area contributed by atoms with Gasteiger partial charge in [-0.2, -0.15) is 0 Å². The normalized spacial score (nSPS) is 14.7. The highest BCUT2D eigenvalue weighted by molar-refractivity contribution is 5.89. The summed E-state index contributed by atoms with van der Waals surface area (Å²) in [7, 11) is 0. The van der Waals surface area contributed by atoms with Gasteiger partial charge in [-0.15, -0.1) is 0 Å². The lowest BCUT2D eigenvalue weighted by Gasteiger charge is -2.31. The maximum Gasteiger partial charge on any atom is 0.273 e. The number of nitrogens with zero attached hydrogens (tertiary/aromatic N) is 2. The van der Waals surface area contributed by atoms with Crippen LogP contribution in [0.1, 0.15) is 55.7 Å². The topological polar surface area (TPSA) is 92.6 Å². The molecule has 1 fully saturated rings. The van der Waals surface area contributed by atoms with E-state index in [9.17, 15) is 19.7 Å². The van der Waals surface area contributed by atoms with Gasteiger partial charge in [0.25, 0.3) is 5.69 Å². The summed E-state index contributed by atoms with van der Waals surface area (Å²) in [6.07, 6.45) is 4.47. The molecule has 0 spiro atoms. The van der Waals surface area contributed by atoms with Crippen LogP contribution in [0.3, 0.4) is 0 Å². The number of nitro benzene ring substituents is 1. The molecular formula is C25H31N3O4. The average molecular weight is 438 g/mol. The van der Waals surface area contributed by atoms with Crippen molar-refractivity contribution in [3.8, 4) is 0 Å². The summed E-state index contributed by atoms with van der Waals surface area (Å²) in [6.45, 7) is 4.15. The van der Waals surface area contributed by atoms with E-state index >= 15 is 0 Å². The molecule has 0 aliphatic heterocycles. The predicted octanol–water partition coefficient (Wildman–Crippen LogP) is 4.31. The first-order valence-corrected chi connectivity index (χ1v) is 11.3. The van der Waals surface area contributed by atoms with Gasteiger partial charge in [0.05, 0.1) is 11.3 Å². The molecule has 1 aliphatic carbocycles. The van der Waals surface area contributed by atoms with Crippen LogP contribution in [-0.2, 0) is 22.6 Å². The SMILES string of the molecule is CC[C@H](C(=O)NC1CCCC1)N(Cc1ccc(C)cc1)C(=O)Cc1ccccc1[N+](=O)[O-]. The molecule has 7 heteroatoms. The Morgan fingerprint density at radius 3 is 2.41 bits per heavy atom. The van der Waals surface area contributed by atoms with E-state index in [-0.39, 0.29) is 36.5 Å². The van der Waals surface area contributed by atoms with Crippen LogP contribution < -0.4 is 5.32 Å². The molecule has 2 aromatic rings. The average Bonchev–Trinajstić information content (AvgIpc) is 3.28. The second-order valence-electron chi connectivity index (χ2n) is 8.48. The highest BCUT2D eigenvalue weighted by Gasteiger charge is 2.31. The molecule has 0 unspecified atom stereocenters. The van der Waals surface area contributed by atoms with Crippen LogP contribution in [-0.4, -0.2) is 33.7 Å². The Kier molecular flexibility index (Phi) is 7.98. The zero-order valence-electron chi connectivity index (χ0n) is 18.8. The van der Waals surface area contributed by atoms with Crippen molar-refractivity contribution in [1.82, 2.24) is 10.2 Å². The monoisotopic (exact) mass is 437 g/mol. The third kappa shape index (κ3) is 5.93. The minimum Gasteiger partial charge on any atom is -0.352 e. The quantitative estimate of drug-likeness (QED) is 0.467. The number of carbonyl (C=O) groups is 2. The van der Waals surface area contributed by atoms with E-state index in [0.29, 0.717) is 12.0 Å². The number of aryl methyl sites for hydroxylation is 1. The number of benzene rings is 2. The second kappa shape index (κ2) is 10.9. The molecule has 7 nitrogen and oxygen atoms in total. The molecule has 32 heavy (non-hydrogen) atoms. The first-order chi connectivity index (χ1) is 15.4. The molecule has 0 saturated heterocycles. The van der Waals surface area contributed by atoms with E-state index in [1.165, 1.54) is 6.07 Å². The molecule has 0 bridgehead atoms. The van der Waals surface area contributed by atoms with Gasteiger partial charge in [0.15, 0.2) is 0 Å². The molecule has 2 amide bonds. The van der Waals surface area contributed by atoms with Gasteiger partial charge in [-0.05, 0) is 31.7 Å². The number of hydrogen-bond acceptors (Lipinski definition) is 4. The molecule has 170 valence electrons. The van der Waals surface area contributed by atoms with Crippen LogP contribution in [0, 0.1) is 17.0 Å². The largest absolute Gasteiger partial charge is 0.352 e. The zero-order valence-corrected chi connectivity index (χ0v) is 18.8. The minimum absolute atomic E-state index is 0.0837. The first-order valence-electron chi connectivity index (χ1n) is 11.3. The number of rotatable bonds is 9. The van der Waals surface area contributed by atoms with Crippen molar-refractivity contribution in [3.05, 3.63) is 75.3 Å². The Hall–Kier alpha value is -3.22. The molecule has 3 rings (SSSR count). The van der Waals surface area contributed by atoms with Gasteiger partial charge in [-0.1, -0.05) is 67.8 Å². The van der Waals surface area contributed by atoms with E-state index in [1.54, 1.807) is 23.1 Å². The van der Waals surface area contributed by atoms with Crippen LogP contribution in [0.5, 0.6) is 0 Å². The highest BCUT2D eigenvalue weighted by Crippen LogP contribution is 2.22. The molecule has 0 radical (unpaired) electrons. The Morgan fingerprint density at radius 2 is 1.78 bits per heavy atom. The first kappa shape index (κ1) is 23.4. The molecule has 0 aromatic heterocycles. The fourth-order valence-corrected chi connectivity index (χ4v) is 4.28. The molecule has 1 N–H and O–H groups in total. The number of para-hydroxylation sites is 1. The van der Waals surface area contributed by atoms with Crippen LogP contribution in [0.4, 0.5) is 5.69 Å². The minimum atomic E-state index is -0.632. The van der Waals surface area contributed by atoms with Gasteiger partial charge < -0.3 is 10.2 Å². The summed E-state index contributed by atoms with van der Waals surface area (Å²) in [4.78, 5) is 39.1. The van der Waals surface area contributed by atoms with Crippen molar-refractivity contribution < 1.29 is 14.5 Å². The molecular weight excluding hydrogens is 406 g/mol. The summed E-state index contributed by atoms with van der Waals surface area (Å²) in [5, 5.41) is 14.5. The van der Waals surface area contributed by atoms with Gasteiger partial charge in [0.1, 0.15) is 6.04 Å². The smallest absolute Gasteiger partial charge is 0.273 e. The summed E-state index contributed by atoms with van der Waals surface area (Å²) < 4.78 is 0. The number of amides is 2. The van der Waals surface area contributed by atoms with Crippen molar-refractivity contribution in [2.45, 2.75) is 71.0 Å². The van der Waals surface area contributed by atoms with Crippen LogP contribution >= 0.6 is 0 Å². The van der Waals surface area contributed by atoms with Gasteiger partial charge >= 0.3 is 0 Å². The Morgan fingerprint density at radius 1 is 1.12 bits per heavy atom. The number of nitro groups is 1.